The van der Waals surface area contributed by atoms with Gasteiger partial charge in [-0.25, -0.2) is 15.0 Å². The summed E-state index contributed by atoms with van der Waals surface area (Å²) in [6.07, 6.45) is 6.61. The van der Waals surface area contributed by atoms with Crippen LogP contribution in [0.2, 0.25) is 0 Å². The average molecular weight is 204 g/mol. The molecular formula is C9H12N6. The SMILES string of the molecule is CN(C)c1ncnc(-n2ccnc2)c1N. The predicted molar refractivity (Wildman–Crippen MR) is 57.9 cm³/mol. The molecule has 6 nitrogen and oxygen atoms in total. The third kappa shape index (κ3) is 1.61. The van der Waals surface area contributed by atoms with Crippen molar-refractivity contribution >= 4 is 11.5 Å². The highest BCUT2D eigenvalue weighted by molar-refractivity contribution is 5.69. The van der Waals surface area contributed by atoms with Crippen molar-refractivity contribution in [3.63, 3.8) is 0 Å². The summed E-state index contributed by atoms with van der Waals surface area (Å²) in [6, 6.07) is 0. The molecule has 0 unspecified atom stereocenters. The second-order valence-corrected chi connectivity index (χ2v) is 3.30. The van der Waals surface area contributed by atoms with Crippen molar-refractivity contribution in [2.45, 2.75) is 0 Å². The van der Waals surface area contributed by atoms with Crippen molar-refractivity contribution in [3.8, 4) is 5.82 Å². The van der Waals surface area contributed by atoms with Crippen LogP contribution in [0.4, 0.5) is 11.5 Å². The normalized spacial score (nSPS) is 10.3. The lowest BCUT2D eigenvalue weighted by Crippen LogP contribution is -2.15. The van der Waals surface area contributed by atoms with E-state index in [1.54, 1.807) is 23.3 Å². The van der Waals surface area contributed by atoms with E-state index in [2.05, 4.69) is 15.0 Å². The van der Waals surface area contributed by atoms with Gasteiger partial charge in [-0.3, -0.25) is 4.57 Å². The minimum absolute atomic E-state index is 0.542. The summed E-state index contributed by atoms with van der Waals surface area (Å²) in [5.41, 5.74) is 6.50. The molecule has 0 aliphatic heterocycles. The quantitative estimate of drug-likeness (QED) is 0.762. The van der Waals surface area contributed by atoms with Crippen LogP contribution in [0.5, 0.6) is 0 Å². The van der Waals surface area contributed by atoms with Crippen LogP contribution in [0.25, 0.3) is 5.82 Å². The first-order chi connectivity index (χ1) is 7.20. The van der Waals surface area contributed by atoms with Crippen molar-refractivity contribution in [3.05, 3.63) is 25.0 Å². The molecule has 0 aliphatic rings. The first-order valence-corrected chi connectivity index (χ1v) is 4.46. The Balaban J connectivity index is 2.54. The third-order valence-corrected chi connectivity index (χ3v) is 2.01. The highest BCUT2D eigenvalue weighted by Gasteiger charge is 2.10. The van der Waals surface area contributed by atoms with Crippen molar-refractivity contribution in [2.75, 3.05) is 24.7 Å². The fourth-order valence-corrected chi connectivity index (χ4v) is 1.32. The highest BCUT2D eigenvalue weighted by atomic mass is 15.2. The van der Waals surface area contributed by atoms with Gasteiger partial charge in [0.25, 0.3) is 0 Å². The average Bonchev–Trinajstić information content (AvgIpc) is 2.70. The van der Waals surface area contributed by atoms with Gasteiger partial charge in [-0.2, -0.15) is 0 Å². The minimum Gasteiger partial charge on any atom is -0.393 e. The van der Waals surface area contributed by atoms with Gasteiger partial charge >= 0.3 is 0 Å². The molecule has 0 fully saturated rings. The van der Waals surface area contributed by atoms with E-state index in [1.807, 2.05) is 19.0 Å². The van der Waals surface area contributed by atoms with Crippen LogP contribution in [-0.2, 0) is 0 Å². The lowest BCUT2D eigenvalue weighted by Gasteiger charge is -2.15. The fourth-order valence-electron chi connectivity index (χ4n) is 1.32. The Morgan fingerprint density at radius 1 is 1.33 bits per heavy atom. The summed E-state index contributed by atoms with van der Waals surface area (Å²) >= 11 is 0. The van der Waals surface area contributed by atoms with Crippen LogP contribution in [0.15, 0.2) is 25.0 Å². The maximum atomic E-state index is 5.96. The molecule has 0 aliphatic carbocycles. The fraction of sp³-hybridized carbons (Fsp3) is 0.222. The minimum atomic E-state index is 0.542. The zero-order valence-corrected chi connectivity index (χ0v) is 8.62. The molecule has 0 spiro atoms. The van der Waals surface area contributed by atoms with Gasteiger partial charge in [-0.05, 0) is 0 Å². The molecule has 2 aromatic heterocycles. The number of imidazole rings is 1. The molecule has 78 valence electrons. The summed E-state index contributed by atoms with van der Waals surface area (Å²) in [5, 5.41) is 0. The van der Waals surface area contributed by atoms with Crippen molar-refractivity contribution in [1.82, 2.24) is 19.5 Å². The van der Waals surface area contributed by atoms with Crippen molar-refractivity contribution in [1.29, 1.82) is 0 Å². The maximum absolute atomic E-state index is 5.96. The molecule has 2 N–H and O–H groups in total. The van der Waals surface area contributed by atoms with Crippen LogP contribution in [0, 0.1) is 0 Å². The smallest absolute Gasteiger partial charge is 0.166 e. The molecule has 0 bridgehead atoms. The number of hydrogen-bond donors (Lipinski definition) is 1. The molecule has 2 heterocycles. The van der Waals surface area contributed by atoms with E-state index in [-0.39, 0.29) is 0 Å². The molecule has 0 radical (unpaired) electrons. The molecule has 0 amide bonds. The number of nitrogen functional groups attached to an aromatic ring is 1. The summed E-state index contributed by atoms with van der Waals surface area (Å²) in [7, 11) is 3.77. The number of hydrogen-bond acceptors (Lipinski definition) is 5. The largest absolute Gasteiger partial charge is 0.393 e. The Hall–Kier alpha value is -2.11. The molecule has 6 heteroatoms. The van der Waals surface area contributed by atoms with Crippen molar-refractivity contribution < 1.29 is 0 Å². The number of anilines is 2. The third-order valence-electron chi connectivity index (χ3n) is 2.01. The Labute approximate surface area is 87.4 Å². The van der Waals surface area contributed by atoms with Gasteiger partial charge < -0.3 is 10.6 Å². The zero-order chi connectivity index (χ0) is 10.8. The van der Waals surface area contributed by atoms with Crippen LogP contribution < -0.4 is 10.6 Å². The summed E-state index contributed by atoms with van der Waals surface area (Å²) < 4.78 is 1.75. The molecule has 15 heavy (non-hydrogen) atoms. The van der Waals surface area contributed by atoms with Gasteiger partial charge in [0.05, 0.1) is 0 Å². The van der Waals surface area contributed by atoms with Crippen LogP contribution >= 0.6 is 0 Å². The second-order valence-electron chi connectivity index (χ2n) is 3.30. The molecule has 2 aromatic rings. The second kappa shape index (κ2) is 3.56. The topological polar surface area (TPSA) is 72.9 Å². The van der Waals surface area contributed by atoms with E-state index >= 15 is 0 Å². The number of nitrogens with zero attached hydrogens (tertiary/aromatic N) is 5. The molecule has 0 aromatic carbocycles. The van der Waals surface area contributed by atoms with E-state index < -0.39 is 0 Å². The van der Waals surface area contributed by atoms with E-state index in [0.29, 0.717) is 17.3 Å². The van der Waals surface area contributed by atoms with Gasteiger partial charge in [-0.15, -0.1) is 0 Å². The van der Waals surface area contributed by atoms with E-state index in [4.69, 9.17) is 5.73 Å². The Kier molecular flexibility index (Phi) is 2.24. The van der Waals surface area contributed by atoms with E-state index in [1.165, 1.54) is 6.33 Å². The standard InChI is InChI=1S/C9H12N6/c1-14(2)8-7(10)9(13-5-12-8)15-4-3-11-6-15/h3-6H,10H2,1-2H3. The molecule has 2 rings (SSSR count). The van der Waals surface area contributed by atoms with Gasteiger partial charge in [-0.1, -0.05) is 0 Å². The summed E-state index contributed by atoms with van der Waals surface area (Å²) in [5.74, 6) is 1.35. The monoisotopic (exact) mass is 204 g/mol. The first kappa shape index (κ1) is 9.45. The number of nitrogens with two attached hydrogens (primary N) is 1. The van der Waals surface area contributed by atoms with E-state index in [0.717, 1.165) is 0 Å². The predicted octanol–water partition coefficient (Wildman–Crippen LogP) is 0.310. The van der Waals surface area contributed by atoms with Gasteiger partial charge in [0, 0.05) is 26.5 Å². The van der Waals surface area contributed by atoms with Crippen LogP contribution in [-0.4, -0.2) is 33.6 Å². The van der Waals surface area contributed by atoms with Crippen LogP contribution in [0.1, 0.15) is 0 Å². The van der Waals surface area contributed by atoms with Crippen LogP contribution in [0.3, 0.4) is 0 Å². The Bertz CT molecular complexity index is 448. The highest BCUT2D eigenvalue weighted by Crippen LogP contribution is 2.22. The molecule has 0 atom stereocenters. The van der Waals surface area contributed by atoms with Gasteiger partial charge in [0.15, 0.2) is 11.6 Å². The Morgan fingerprint density at radius 2 is 2.13 bits per heavy atom. The summed E-state index contributed by atoms with van der Waals surface area (Å²) in [4.78, 5) is 14.0. The lowest BCUT2D eigenvalue weighted by molar-refractivity contribution is 0.957. The van der Waals surface area contributed by atoms with E-state index in [9.17, 15) is 0 Å². The zero-order valence-electron chi connectivity index (χ0n) is 8.62. The van der Waals surface area contributed by atoms with Gasteiger partial charge in [0.1, 0.15) is 18.3 Å². The summed E-state index contributed by atoms with van der Waals surface area (Å²) in [6.45, 7) is 0. The molecule has 0 saturated carbocycles. The molecular weight excluding hydrogens is 192 g/mol. The maximum Gasteiger partial charge on any atom is 0.166 e. The molecule has 0 saturated heterocycles. The Morgan fingerprint density at radius 3 is 2.73 bits per heavy atom. The number of rotatable bonds is 2. The number of aromatic nitrogens is 4. The van der Waals surface area contributed by atoms with Crippen molar-refractivity contribution in [2.24, 2.45) is 0 Å². The first-order valence-electron chi connectivity index (χ1n) is 4.46. The lowest BCUT2D eigenvalue weighted by atomic mass is 10.4. The van der Waals surface area contributed by atoms with Gasteiger partial charge in [0.2, 0.25) is 0 Å².